The fraction of sp³-hybridized carbons (Fsp3) is 0.188. The van der Waals surface area contributed by atoms with Crippen molar-refractivity contribution in [1.29, 1.82) is 0 Å². The van der Waals surface area contributed by atoms with Gasteiger partial charge in [-0.1, -0.05) is 27.5 Å². The highest BCUT2D eigenvalue weighted by Gasteiger charge is 2.11. The zero-order valence-electron chi connectivity index (χ0n) is 12.5. The lowest BCUT2D eigenvalue weighted by Gasteiger charge is -2.12. The van der Waals surface area contributed by atoms with Crippen LogP contribution in [0.5, 0.6) is 17.2 Å². The van der Waals surface area contributed by atoms with Crippen molar-refractivity contribution in [2.24, 2.45) is 0 Å². The van der Waals surface area contributed by atoms with Crippen LogP contribution in [0.15, 0.2) is 34.8 Å². The lowest BCUT2D eigenvalue weighted by atomic mass is 10.2. The summed E-state index contributed by atoms with van der Waals surface area (Å²) in [5.41, 5.74) is 1.26. The number of carbonyl (C=O) groups is 1. The Balaban J connectivity index is 1.99. The molecule has 0 bridgehead atoms. The van der Waals surface area contributed by atoms with Crippen LogP contribution in [0.1, 0.15) is 5.56 Å². The van der Waals surface area contributed by atoms with Gasteiger partial charge in [0.25, 0.3) is 5.91 Å². The first-order chi connectivity index (χ1) is 10.9. The van der Waals surface area contributed by atoms with Gasteiger partial charge in [-0.3, -0.25) is 4.79 Å². The number of amides is 1. The first kappa shape index (κ1) is 17.4. The number of anilines is 1. The summed E-state index contributed by atoms with van der Waals surface area (Å²) >= 11 is 9.44. The third-order valence-electron chi connectivity index (χ3n) is 3.00. The van der Waals surface area contributed by atoms with E-state index in [1.807, 2.05) is 13.0 Å². The van der Waals surface area contributed by atoms with E-state index in [4.69, 9.17) is 21.1 Å². The predicted molar refractivity (Wildman–Crippen MR) is 92.7 cm³/mol. The summed E-state index contributed by atoms with van der Waals surface area (Å²) in [6.07, 6.45) is 0. The van der Waals surface area contributed by atoms with Crippen LogP contribution in [0.3, 0.4) is 0 Å². The van der Waals surface area contributed by atoms with E-state index in [-0.39, 0.29) is 18.3 Å². The van der Waals surface area contributed by atoms with Crippen LogP contribution in [0, 0.1) is 6.92 Å². The molecule has 7 heteroatoms. The normalized spacial score (nSPS) is 10.3. The average molecular weight is 401 g/mol. The first-order valence-corrected chi connectivity index (χ1v) is 7.83. The van der Waals surface area contributed by atoms with E-state index in [9.17, 15) is 9.90 Å². The second-order valence-electron chi connectivity index (χ2n) is 4.76. The fourth-order valence-electron chi connectivity index (χ4n) is 1.97. The van der Waals surface area contributed by atoms with E-state index < -0.39 is 0 Å². The average Bonchev–Trinajstić information content (AvgIpc) is 2.46. The molecule has 0 spiro atoms. The second-order valence-corrected chi connectivity index (χ2v) is 6.08. The summed E-state index contributed by atoms with van der Waals surface area (Å²) in [6.45, 7) is 1.64. The number of phenolic OH excluding ortho intramolecular Hbond substituents is 1. The molecule has 0 radical (unpaired) electrons. The summed E-state index contributed by atoms with van der Waals surface area (Å²) in [6, 6.07) is 8.12. The second kappa shape index (κ2) is 7.57. The number of nitrogens with one attached hydrogen (secondary N) is 1. The van der Waals surface area contributed by atoms with Gasteiger partial charge in [-0.2, -0.15) is 0 Å². The lowest BCUT2D eigenvalue weighted by Crippen LogP contribution is -2.20. The van der Waals surface area contributed by atoms with Gasteiger partial charge in [-0.15, -0.1) is 0 Å². The summed E-state index contributed by atoms with van der Waals surface area (Å²) in [4.78, 5) is 11.9. The number of rotatable bonds is 5. The summed E-state index contributed by atoms with van der Waals surface area (Å²) in [5, 5.41) is 12.7. The summed E-state index contributed by atoms with van der Waals surface area (Å²) in [5.74, 6) is 0.366. The number of hydrogen-bond acceptors (Lipinski definition) is 4. The van der Waals surface area contributed by atoms with Crippen LogP contribution < -0.4 is 14.8 Å². The van der Waals surface area contributed by atoms with Crippen molar-refractivity contribution < 1.29 is 19.4 Å². The van der Waals surface area contributed by atoms with Crippen LogP contribution in [-0.2, 0) is 4.79 Å². The van der Waals surface area contributed by atoms with Crippen molar-refractivity contribution in [3.8, 4) is 17.2 Å². The van der Waals surface area contributed by atoms with E-state index in [1.54, 1.807) is 18.2 Å². The first-order valence-electron chi connectivity index (χ1n) is 6.66. The minimum atomic E-state index is -0.368. The minimum Gasteiger partial charge on any atom is -0.504 e. The predicted octanol–water partition coefficient (Wildman–Crippen LogP) is 4.14. The Morgan fingerprint density at radius 3 is 2.70 bits per heavy atom. The number of methoxy groups -OCH3 is 1. The highest BCUT2D eigenvalue weighted by molar-refractivity contribution is 9.10. The fourth-order valence-corrected chi connectivity index (χ4v) is 3.00. The van der Waals surface area contributed by atoms with E-state index in [2.05, 4.69) is 21.2 Å². The third kappa shape index (κ3) is 4.53. The molecule has 0 aliphatic heterocycles. The number of ether oxygens (including phenoxy) is 2. The molecule has 2 aromatic carbocycles. The number of carbonyl (C=O) groups excluding carboxylic acids is 1. The van der Waals surface area contributed by atoms with Gasteiger partial charge in [0.2, 0.25) is 0 Å². The largest absolute Gasteiger partial charge is 0.504 e. The van der Waals surface area contributed by atoms with Crippen molar-refractivity contribution in [2.45, 2.75) is 6.92 Å². The monoisotopic (exact) mass is 399 g/mol. The number of aromatic hydroxyl groups is 1. The van der Waals surface area contributed by atoms with E-state index in [1.165, 1.54) is 13.2 Å². The highest BCUT2D eigenvalue weighted by atomic mass is 79.9. The number of aryl methyl sites for hydroxylation is 1. The van der Waals surface area contributed by atoms with Gasteiger partial charge in [-0.25, -0.2) is 0 Å². The van der Waals surface area contributed by atoms with Gasteiger partial charge < -0.3 is 19.9 Å². The topological polar surface area (TPSA) is 67.8 Å². The smallest absolute Gasteiger partial charge is 0.262 e. The van der Waals surface area contributed by atoms with Crippen LogP contribution in [0.2, 0.25) is 5.02 Å². The molecule has 5 nitrogen and oxygen atoms in total. The van der Waals surface area contributed by atoms with Gasteiger partial charge >= 0.3 is 0 Å². The highest BCUT2D eigenvalue weighted by Crippen LogP contribution is 2.32. The third-order valence-corrected chi connectivity index (χ3v) is 3.74. The molecule has 2 N–H and O–H groups in total. The van der Waals surface area contributed by atoms with Gasteiger partial charge in [0, 0.05) is 16.2 Å². The molecule has 0 fully saturated rings. The Hall–Kier alpha value is -1.92. The van der Waals surface area contributed by atoms with Crippen molar-refractivity contribution in [1.82, 2.24) is 0 Å². The molecule has 0 aromatic heterocycles. The molecular formula is C16H15BrClNO4. The van der Waals surface area contributed by atoms with Crippen molar-refractivity contribution in [3.05, 3.63) is 45.4 Å². The molecule has 0 aliphatic rings. The van der Waals surface area contributed by atoms with Gasteiger partial charge in [0.05, 0.1) is 12.1 Å². The summed E-state index contributed by atoms with van der Waals surface area (Å²) < 4.78 is 11.3. The zero-order chi connectivity index (χ0) is 17.0. The van der Waals surface area contributed by atoms with Crippen molar-refractivity contribution in [3.63, 3.8) is 0 Å². The Morgan fingerprint density at radius 1 is 1.35 bits per heavy atom. The SMILES string of the molecule is COc1ccc(NC(=O)COc2c(C)cc(Br)cc2Cl)cc1O. The van der Waals surface area contributed by atoms with Crippen LogP contribution >= 0.6 is 27.5 Å². The molecule has 0 saturated carbocycles. The number of benzene rings is 2. The number of phenols is 1. The minimum absolute atomic E-state index is 0.0574. The molecule has 23 heavy (non-hydrogen) atoms. The standard InChI is InChI=1S/C16H15BrClNO4/c1-9-5-10(17)6-12(18)16(9)23-8-15(21)19-11-3-4-14(22-2)13(20)7-11/h3-7,20H,8H2,1-2H3,(H,19,21). The molecule has 1 amide bonds. The molecule has 0 aliphatic carbocycles. The molecule has 0 heterocycles. The molecule has 2 aromatic rings. The lowest BCUT2D eigenvalue weighted by molar-refractivity contribution is -0.118. The maximum atomic E-state index is 11.9. The van der Waals surface area contributed by atoms with Crippen LogP contribution in [0.4, 0.5) is 5.69 Å². The zero-order valence-corrected chi connectivity index (χ0v) is 14.9. The Bertz CT molecular complexity index is 713. The quantitative estimate of drug-likeness (QED) is 0.791. The maximum absolute atomic E-state index is 11.9. The molecule has 0 atom stereocenters. The van der Waals surface area contributed by atoms with Crippen LogP contribution in [-0.4, -0.2) is 24.7 Å². The summed E-state index contributed by atoms with van der Waals surface area (Å²) in [7, 11) is 1.45. The molecule has 0 saturated heterocycles. The number of hydrogen-bond donors (Lipinski definition) is 2. The van der Waals surface area contributed by atoms with Gasteiger partial charge in [0.1, 0.15) is 5.75 Å². The van der Waals surface area contributed by atoms with Crippen molar-refractivity contribution in [2.75, 3.05) is 19.0 Å². The number of halogens is 2. The van der Waals surface area contributed by atoms with Gasteiger partial charge in [0.15, 0.2) is 18.1 Å². The van der Waals surface area contributed by atoms with Crippen LogP contribution in [0.25, 0.3) is 0 Å². The Kier molecular flexibility index (Phi) is 5.74. The van der Waals surface area contributed by atoms with E-state index in [0.29, 0.717) is 22.2 Å². The van der Waals surface area contributed by atoms with E-state index in [0.717, 1.165) is 10.0 Å². The molecule has 2 rings (SSSR count). The van der Waals surface area contributed by atoms with Gasteiger partial charge in [-0.05, 0) is 36.8 Å². The van der Waals surface area contributed by atoms with E-state index >= 15 is 0 Å². The molecule has 0 unspecified atom stereocenters. The molecule has 122 valence electrons. The Morgan fingerprint density at radius 2 is 2.09 bits per heavy atom. The Labute approximate surface area is 147 Å². The maximum Gasteiger partial charge on any atom is 0.262 e. The van der Waals surface area contributed by atoms with Crippen molar-refractivity contribution >= 4 is 39.1 Å². The molecular weight excluding hydrogens is 386 g/mol.